The lowest BCUT2D eigenvalue weighted by Gasteiger charge is -2.17. The molecule has 2 rings (SSSR count). The van der Waals surface area contributed by atoms with Crippen LogP contribution in [0.2, 0.25) is 0 Å². The molecule has 0 aromatic carbocycles. The van der Waals surface area contributed by atoms with Gasteiger partial charge in [-0.05, 0) is 18.6 Å². The molecule has 1 amide bonds. The van der Waals surface area contributed by atoms with E-state index >= 15 is 0 Å². The molecule has 0 atom stereocenters. The number of thiazole rings is 1. The molecule has 0 spiro atoms. The first kappa shape index (κ1) is 19.5. The summed E-state index contributed by atoms with van der Waals surface area (Å²) in [6, 6.07) is 5.62. The molecule has 0 aliphatic carbocycles. The molecule has 0 saturated carbocycles. The molecule has 2 aromatic rings. The highest BCUT2D eigenvalue weighted by Crippen LogP contribution is 2.21. The summed E-state index contributed by atoms with van der Waals surface area (Å²) in [5, 5.41) is 5.44. The molecule has 9 heteroatoms. The van der Waals surface area contributed by atoms with E-state index in [-0.39, 0.29) is 12.3 Å². The minimum atomic E-state index is -3.18. The number of aromatic nitrogens is 2. The molecule has 25 heavy (non-hydrogen) atoms. The van der Waals surface area contributed by atoms with Crippen molar-refractivity contribution in [3.05, 3.63) is 35.5 Å². The van der Waals surface area contributed by atoms with E-state index < -0.39 is 10.0 Å². The van der Waals surface area contributed by atoms with Crippen molar-refractivity contribution in [1.82, 2.24) is 19.6 Å². The summed E-state index contributed by atoms with van der Waals surface area (Å²) in [4.78, 5) is 20.6. The lowest BCUT2D eigenvalue weighted by atomic mass is 10.3. The van der Waals surface area contributed by atoms with Crippen LogP contribution in [0.3, 0.4) is 0 Å². The first-order valence-corrected chi connectivity index (χ1v) is 10.7. The zero-order chi connectivity index (χ0) is 18.3. The van der Waals surface area contributed by atoms with Crippen molar-refractivity contribution < 1.29 is 13.2 Å². The number of carbonyl (C=O) groups excluding carboxylic acids is 1. The van der Waals surface area contributed by atoms with Gasteiger partial charge in [0.25, 0.3) is 0 Å². The Kier molecular flexibility index (Phi) is 7.03. The number of nitrogens with one attached hydrogen (secondary N) is 1. The van der Waals surface area contributed by atoms with Crippen LogP contribution in [0.5, 0.6) is 0 Å². The summed E-state index contributed by atoms with van der Waals surface area (Å²) in [6.45, 7) is 3.06. The minimum Gasteiger partial charge on any atom is -0.356 e. The Bertz CT molecular complexity index is 791. The summed E-state index contributed by atoms with van der Waals surface area (Å²) >= 11 is 1.46. The second-order valence-corrected chi connectivity index (χ2v) is 8.33. The number of hydrogen-bond donors (Lipinski definition) is 1. The Morgan fingerprint density at radius 1 is 1.36 bits per heavy atom. The molecule has 0 radical (unpaired) electrons. The molecule has 0 bridgehead atoms. The third kappa shape index (κ3) is 6.18. The van der Waals surface area contributed by atoms with Gasteiger partial charge in [0.1, 0.15) is 5.01 Å². The number of sulfonamides is 1. The third-order valence-corrected chi connectivity index (χ3v) is 5.80. The van der Waals surface area contributed by atoms with Crippen LogP contribution in [0, 0.1) is 0 Å². The number of carbonyl (C=O) groups is 1. The van der Waals surface area contributed by atoms with E-state index in [1.807, 2.05) is 23.6 Å². The van der Waals surface area contributed by atoms with E-state index in [2.05, 4.69) is 15.3 Å². The molecule has 0 aliphatic rings. The van der Waals surface area contributed by atoms with Crippen LogP contribution >= 0.6 is 11.3 Å². The predicted molar refractivity (Wildman–Crippen MR) is 98.8 cm³/mol. The van der Waals surface area contributed by atoms with Gasteiger partial charge in [-0.15, -0.1) is 11.3 Å². The van der Waals surface area contributed by atoms with Gasteiger partial charge in [-0.1, -0.05) is 13.0 Å². The largest absolute Gasteiger partial charge is 0.356 e. The normalized spacial score (nSPS) is 11.6. The molecule has 0 saturated heterocycles. The van der Waals surface area contributed by atoms with Crippen molar-refractivity contribution in [1.29, 1.82) is 0 Å². The maximum atomic E-state index is 12.0. The topological polar surface area (TPSA) is 92.3 Å². The van der Waals surface area contributed by atoms with E-state index in [1.165, 1.54) is 21.9 Å². The van der Waals surface area contributed by atoms with Gasteiger partial charge in [0.05, 0.1) is 24.1 Å². The van der Waals surface area contributed by atoms with Gasteiger partial charge < -0.3 is 5.32 Å². The Morgan fingerprint density at radius 2 is 2.16 bits per heavy atom. The maximum absolute atomic E-state index is 12.0. The zero-order valence-corrected chi connectivity index (χ0v) is 15.9. The Labute approximate surface area is 152 Å². The lowest BCUT2D eigenvalue weighted by molar-refractivity contribution is -0.120. The second-order valence-electron chi connectivity index (χ2n) is 5.49. The van der Waals surface area contributed by atoms with Gasteiger partial charge in [0.2, 0.25) is 15.9 Å². The van der Waals surface area contributed by atoms with Crippen molar-refractivity contribution in [2.75, 3.05) is 25.9 Å². The number of amides is 1. The Hall–Kier alpha value is -1.84. The summed E-state index contributed by atoms with van der Waals surface area (Å²) in [5.41, 5.74) is 1.49. The van der Waals surface area contributed by atoms with Crippen molar-refractivity contribution in [2.45, 2.75) is 19.8 Å². The number of pyridine rings is 1. The number of rotatable bonds is 9. The van der Waals surface area contributed by atoms with Crippen LogP contribution in [0.25, 0.3) is 10.7 Å². The highest BCUT2D eigenvalue weighted by Gasteiger charge is 2.14. The number of nitrogens with zero attached hydrogens (tertiary/aromatic N) is 3. The molecule has 2 aromatic heterocycles. The minimum absolute atomic E-state index is 0.125. The average Bonchev–Trinajstić information content (AvgIpc) is 3.03. The summed E-state index contributed by atoms with van der Waals surface area (Å²) in [6.07, 6.45) is 3.67. The van der Waals surface area contributed by atoms with Crippen LogP contribution in [-0.4, -0.2) is 54.5 Å². The van der Waals surface area contributed by atoms with Gasteiger partial charge in [-0.25, -0.2) is 17.7 Å². The van der Waals surface area contributed by atoms with Gasteiger partial charge in [0.15, 0.2) is 0 Å². The molecule has 0 aliphatic heterocycles. The van der Waals surface area contributed by atoms with Crippen molar-refractivity contribution in [2.24, 2.45) is 0 Å². The molecule has 0 unspecified atom stereocenters. The maximum Gasteiger partial charge on any atom is 0.226 e. The molecule has 7 nitrogen and oxygen atoms in total. The smallest absolute Gasteiger partial charge is 0.226 e. The van der Waals surface area contributed by atoms with Gasteiger partial charge in [0, 0.05) is 31.2 Å². The molecule has 1 N–H and O–H groups in total. The average molecular weight is 383 g/mol. The van der Waals surface area contributed by atoms with Crippen LogP contribution < -0.4 is 5.32 Å². The standard InChI is InChI=1S/C16H22N4O3S2/c1-3-20(25(2,22)23)10-6-9-18-15(21)11-13-12-24-16(19-13)14-7-4-5-8-17-14/h4-5,7-8,12H,3,6,9-11H2,1-2H3,(H,18,21). The van der Waals surface area contributed by atoms with Crippen LogP contribution in [0.15, 0.2) is 29.8 Å². The molecule has 0 fully saturated rings. The summed E-state index contributed by atoms with van der Waals surface area (Å²) < 4.78 is 24.3. The van der Waals surface area contributed by atoms with Gasteiger partial charge in [-0.2, -0.15) is 0 Å². The van der Waals surface area contributed by atoms with E-state index in [1.54, 1.807) is 13.1 Å². The van der Waals surface area contributed by atoms with Crippen molar-refractivity contribution >= 4 is 27.3 Å². The van der Waals surface area contributed by atoms with E-state index in [0.29, 0.717) is 31.7 Å². The van der Waals surface area contributed by atoms with Crippen molar-refractivity contribution in [3.63, 3.8) is 0 Å². The fourth-order valence-electron chi connectivity index (χ4n) is 2.26. The quantitative estimate of drug-likeness (QED) is 0.664. The Morgan fingerprint density at radius 3 is 2.80 bits per heavy atom. The number of hydrogen-bond acceptors (Lipinski definition) is 6. The molecular formula is C16H22N4O3S2. The monoisotopic (exact) mass is 382 g/mol. The summed E-state index contributed by atoms with van der Waals surface area (Å²) in [5.74, 6) is -0.125. The summed E-state index contributed by atoms with van der Waals surface area (Å²) in [7, 11) is -3.18. The first-order valence-electron chi connectivity index (χ1n) is 7.97. The van der Waals surface area contributed by atoms with Gasteiger partial charge >= 0.3 is 0 Å². The van der Waals surface area contributed by atoms with Gasteiger partial charge in [-0.3, -0.25) is 9.78 Å². The zero-order valence-electron chi connectivity index (χ0n) is 14.3. The lowest BCUT2D eigenvalue weighted by Crippen LogP contribution is -2.33. The predicted octanol–water partition coefficient (Wildman–Crippen LogP) is 1.54. The molecular weight excluding hydrogens is 360 g/mol. The SMILES string of the molecule is CCN(CCCNC(=O)Cc1csc(-c2ccccn2)n1)S(C)(=O)=O. The fourth-order valence-corrected chi connectivity index (χ4v) is 3.99. The van der Waals surface area contributed by atoms with Crippen LogP contribution in [0.4, 0.5) is 0 Å². The first-order chi connectivity index (χ1) is 11.9. The van der Waals surface area contributed by atoms with Crippen molar-refractivity contribution in [3.8, 4) is 10.7 Å². The van der Waals surface area contributed by atoms with E-state index in [4.69, 9.17) is 0 Å². The van der Waals surface area contributed by atoms with E-state index in [0.717, 1.165) is 10.7 Å². The Balaban J connectivity index is 1.77. The highest BCUT2D eigenvalue weighted by atomic mass is 32.2. The van der Waals surface area contributed by atoms with E-state index in [9.17, 15) is 13.2 Å². The second kappa shape index (κ2) is 9.02. The molecule has 136 valence electrons. The molecule has 2 heterocycles. The third-order valence-electron chi connectivity index (χ3n) is 3.51. The fraction of sp³-hybridized carbons (Fsp3) is 0.438. The highest BCUT2D eigenvalue weighted by molar-refractivity contribution is 7.88. The van der Waals surface area contributed by atoms with Crippen LogP contribution in [-0.2, 0) is 21.2 Å². The van der Waals surface area contributed by atoms with Crippen LogP contribution in [0.1, 0.15) is 19.0 Å².